The summed E-state index contributed by atoms with van der Waals surface area (Å²) >= 11 is 0. The molecule has 1 amide bonds. The number of amides is 1. The maximum absolute atomic E-state index is 13.5. The van der Waals surface area contributed by atoms with Crippen LogP contribution in [0.1, 0.15) is 6.92 Å². The second-order valence-electron chi connectivity index (χ2n) is 6.89. The Bertz CT molecular complexity index is 1320. The molecule has 0 bridgehead atoms. The predicted octanol–water partition coefficient (Wildman–Crippen LogP) is 4.37. The minimum atomic E-state index is -0.543. The lowest BCUT2D eigenvalue weighted by Gasteiger charge is -2.13. The van der Waals surface area contributed by atoms with Crippen LogP contribution in [-0.2, 0) is 11.3 Å². The van der Waals surface area contributed by atoms with E-state index >= 15 is 0 Å². The number of anilines is 1. The fourth-order valence-electron chi connectivity index (χ4n) is 3.14. The Kier molecular flexibility index (Phi) is 6.12. The number of halogens is 1. The van der Waals surface area contributed by atoms with E-state index in [0.29, 0.717) is 29.3 Å². The quantitative estimate of drug-likeness (QED) is 0.468. The van der Waals surface area contributed by atoms with Crippen molar-refractivity contribution < 1.29 is 18.7 Å². The Hall–Kier alpha value is -4.20. The Morgan fingerprint density at radius 2 is 1.81 bits per heavy atom. The van der Waals surface area contributed by atoms with Gasteiger partial charge in [0.2, 0.25) is 5.91 Å². The van der Waals surface area contributed by atoms with E-state index in [2.05, 4.69) is 10.3 Å². The molecule has 1 aromatic heterocycles. The maximum atomic E-state index is 13.5. The first kappa shape index (κ1) is 21.0. The zero-order valence-electron chi connectivity index (χ0n) is 17.2. The van der Waals surface area contributed by atoms with Gasteiger partial charge in [0.1, 0.15) is 23.9 Å². The molecule has 0 radical (unpaired) electrons. The lowest BCUT2D eigenvalue weighted by molar-refractivity contribution is -0.116. The summed E-state index contributed by atoms with van der Waals surface area (Å²) in [7, 11) is 0. The van der Waals surface area contributed by atoms with Gasteiger partial charge in [0.25, 0.3) is 5.56 Å². The number of carbonyl (C=O) groups is 1. The monoisotopic (exact) mass is 433 g/mol. The number of rotatable bonds is 7. The molecule has 0 aliphatic heterocycles. The van der Waals surface area contributed by atoms with Crippen LogP contribution in [0.2, 0.25) is 0 Å². The highest BCUT2D eigenvalue weighted by molar-refractivity contribution is 5.92. The second-order valence-corrected chi connectivity index (χ2v) is 6.89. The Labute approximate surface area is 183 Å². The van der Waals surface area contributed by atoms with Gasteiger partial charge in [0.15, 0.2) is 5.75 Å². The molecule has 0 fully saturated rings. The Morgan fingerprint density at radius 3 is 2.59 bits per heavy atom. The molecule has 0 spiro atoms. The minimum absolute atomic E-state index is 0.111. The number of benzene rings is 3. The van der Waals surface area contributed by atoms with Crippen molar-refractivity contribution in [1.82, 2.24) is 9.55 Å². The average molecular weight is 433 g/mol. The summed E-state index contributed by atoms with van der Waals surface area (Å²) < 4.78 is 26.0. The first-order valence-corrected chi connectivity index (χ1v) is 9.98. The summed E-state index contributed by atoms with van der Waals surface area (Å²) in [4.78, 5) is 29.3. The highest BCUT2D eigenvalue weighted by atomic mass is 19.1. The number of nitrogens with one attached hydrogen (secondary N) is 1. The van der Waals surface area contributed by atoms with Crippen molar-refractivity contribution in [3.63, 3.8) is 0 Å². The first-order chi connectivity index (χ1) is 15.5. The third-order valence-electron chi connectivity index (χ3n) is 4.62. The Morgan fingerprint density at radius 1 is 1.06 bits per heavy atom. The second kappa shape index (κ2) is 9.30. The summed E-state index contributed by atoms with van der Waals surface area (Å²) in [5, 5.41) is 2.86. The van der Waals surface area contributed by atoms with Crippen molar-refractivity contribution in [2.24, 2.45) is 0 Å². The largest absolute Gasteiger partial charge is 0.494 e. The van der Waals surface area contributed by atoms with Crippen LogP contribution in [0.4, 0.5) is 10.1 Å². The normalized spacial score (nSPS) is 10.7. The van der Waals surface area contributed by atoms with E-state index in [1.54, 1.807) is 48.5 Å². The smallest absolute Gasteiger partial charge is 0.261 e. The summed E-state index contributed by atoms with van der Waals surface area (Å²) in [5.74, 6) is 0.755. The zero-order valence-corrected chi connectivity index (χ0v) is 17.2. The number of para-hydroxylation sites is 2. The van der Waals surface area contributed by atoms with Crippen molar-refractivity contribution in [1.29, 1.82) is 0 Å². The number of ether oxygens (including phenoxy) is 2. The summed E-state index contributed by atoms with van der Waals surface area (Å²) in [5.41, 5.74) is 0.310. The van der Waals surface area contributed by atoms with Crippen molar-refractivity contribution in [3.05, 3.63) is 89.2 Å². The van der Waals surface area contributed by atoms with E-state index in [9.17, 15) is 14.0 Å². The van der Waals surface area contributed by atoms with Gasteiger partial charge < -0.3 is 14.8 Å². The van der Waals surface area contributed by atoms with Gasteiger partial charge >= 0.3 is 0 Å². The van der Waals surface area contributed by atoms with Crippen LogP contribution in [0, 0.1) is 5.82 Å². The van der Waals surface area contributed by atoms with Crippen LogP contribution >= 0.6 is 0 Å². The number of fused-ring (bicyclic) bond motifs is 1. The SMILES string of the molecule is CCOc1ccc(Oc2ccccc2NC(=O)Cn2cnc3ccc(F)cc3c2=O)cc1. The van der Waals surface area contributed by atoms with Gasteiger partial charge in [0.05, 0.1) is 29.5 Å². The molecule has 7 nitrogen and oxygen atoms in total. The molecule has 0 saturated heterocycles. The van der Waals surface area contributed by atoms with E-state index in [1.165, 1.54) is 18.5 Å². The van der Waals surface area contributed by atoms with Crippen LogP contribution in [-0.4, -0.2) is 22.1 Å². The Balaban J connectivity index is 1.50. The standard InChI is InChI=1S/C24H20FN3O4/c1-2-31-17-8-10-18(11-9-17)32-22-6-4-3-5-21(22)27-23(29)14-28-15-26-20-12-7-16(25)13-19(20)24(28)30/h3-13,15H,2,14H2,1H3,(H,27,29). The van der Waals surface area contributed by atoms with Gasteiger partial charge in [0, 0.05) is 0 Å². The number of nitrogens with zero attached hydrogens (tertiary/aromatic N) is 2. The van der Waals surface area contributed by atoms with Gasteiger partial charge in [-0.05, 0) is 61.5 Å². The molecule has 8 heteroatoms. The number of hydrogen-bond acceptors (Lipinski definition) is 5. The number of aromatic nitrogens is 2. The van der Waals surface area contributed by atoms with E-state index < -0.39 is 17.3 Å². The molecular weight excluding hydrogens is 413 g/mol. The molecule has 0 aliphatic rings. The fraction of sp³-hybridized carbons (Fsp3) is 0.125. The lowest BCUT2D eigenvalue weighted by atomic mass is 10.2. The molecule has 4 aromatic rings. The average Bonchev–Trinajstić information content (AvgIpc) is 2.79. The van der Waals surface area contributed by atoms with E-state index in [-0.39, 0.29) is 11.9 Å². The van der Waals surface area contributed by atoms with Crippen molar-refractivity contribution >= 4 is 22.5 Å². The van der Waals surface area contributed by atoms with Gasteiger partial charge in [-0.1, -0.05) is 12.1 Å². The van der Waals surface area contributed by atoms with Crippen molar-refractivity contribution in [2.75, 3.05) is 11.9 Å². The highest BCUT2D eigenvalue weighted by Crippen LogP contribution is 2.30. The molecule has 0 saturated carbocycles. The van der Waals surface area contributed by atoms with Crippen LogP contribution in [0.25, 0.3) is 10.9 Å². The molecule has 1 N–H and O–H groups in total. The van der Waals surface area contributed by atoms with E-state index in [0.717, 1.165) is 16.4 Å². The van der Waals surface area contributed by atoms with Gasteiger partial charge in [-0.25, -0.2) is 9.37 Å². The molecule has 4 rings (SSSR count). The maximum Gasteiger partial charge on any atom is 0.261 e. The van der Waals surface area contributed by atoms with Crippen LogP contribution < -0.4 is 20.3 Å². The van der Waals surface area contributed by atoms with E-state index in [4.69, 9.17) is 9.47 Å². The number of carbonyl (C=O) groups excluding carboxylic acids is 1. The third-order valence-corrected chi connectivity index (χ3v) is 4.62. The van der Waals surface area contributed by atoms with Crippen LogP contribution in [0.15, 0.2) is 77.9 Å². The molecular formula is C24H20FN3O4. The third kappa shape index (κ3) is 4.75. The fourth-order valence-corrected chi connectivity index (χ4v) is 3.14. The van der Waals surface area contributed by atoms with Gasteiger partial charge in [-0.15, -0.1) is 0 Å². The molecule has 162 valence electrons. The van der Waals surface area contributed by atoms with Crippen molar-refractivity contribution in [3.8, 4) is 17.2 Å². The van der Waals surface area contributed by atoms with E-state index in [1.807, 2.05) is 6.92 Å². The highest BCUT2D eigenvalue weighted by Gasteiger charge is 2.12. The minimum Gasteiger partial charge on any atom is -0.494 e. The summed E-state index contributed by atoms with van der Waals surface area (Å²) in [6.07, 6.45) is 1.27. The molecule has 0 aliphatic carbocycles. The molecule has 0 unspecified atom stereocenters. The van der Waals surface area contributed by atoms with Crippen molar-refractivity contribution in [2.45, 2.75) is 13.5 Å². The molecule has 32 heavy (non-hydrogen) atoms. The molecule has 0 atom stereocenters. The van der Waals surface area contributed by atoms with Crippen LogP contribution in [0.3, 0.4) is 0 Å². The first-order valence-electron chi connectivity index (χ1n) is 9.98. The van der Waals surface area contributed by atoms with Gasteiger partial charge in [-0.2, -0.15) is 0 Å². The topological polar surface area (TPSA) is 82.4 Å². The number of hydrogen-bond donors (Lipinski definition) is 1. The van der Waals surface area contributed by atoms with Crippen LogP contribution in [0.5, 0.6) is 17.2 Å². The van der Waals surface area contributed by atoms with Gasteiger partial charge in [-0.3, -0.25) is 14.2 Å². The zero-order chi connectivity index (χ0) is 22.5. The molecule has 3 aromatic carbocycles. The summed E-state index contributed by atoms with van der Waals surface area (Å²) in [6.45, 7) is 2.19. The summed E-state index contributed by atoms with van der Waals surface area (Å²) in [6, 6.07) is 17.8. The molecule has 1 heterocycles. The lowest BCUT2D eigenvalue weighted by Crippen LogP contribution is -2.28. The predicted molar refractivity (Wildman–Crippen MR) is 119 cm³/mol.